The first-order chi connectivity index (χ1) is 17.4. The van der Waals surface area contributed by atoms with E-state index in [9.17, 15) is 0 Å². The Morgan fingerprint density at radius 3 is 2.23 bits per heavy atom. The Labute approximate surface area is 202 Å². The Kier molecular flexibility index (Phi) is 3.76. The molecule has 0 saturated heterocycles. The van der Waals surface area contributed by atoms with Crippen molar-refractivity contribution in [2.24, 2.45) is 0 Å². The van der Waals surface area contributed by atoms with Gasteiger partial charge in [-0.25, -0.2) is 5.43 Å². The molecule has 3 heterocycles. The molecule has 0 radical (unpaired) electrons. The number of aromatic nitrogens is 2. The van der Waals surface area contributed by atoms with Crippen molar-refractivity contribution in [3.8, 4) is 5.69 Å². The Bertz CT molecular complexity index is 1910. The number of rotatable bonds is 2. The molecular formula is C31H22N4. The van der Waals surface area contributed by atoms with Gasteiger partial charge in [0, 0.05) is 50.4 Å². The van der Waals surface area contributed by atoms with Gasteiger partial charge in [-0.3, -0.25) is 5.01 Å². The van der Waals surface area contributed by atoms with Gasteiger partial charge in [0.05, 0.1) is 22.4 Å². The van der Waals surface area contributed by atoms with E-state index in [-0.39, 0.29) is 0 Å². The van der Waals surface area contributed by atoms with E-state index in [0.717, 1.165) is 17.7 Å². The number of hydrazine groups is 1. The van der Waals surface area contributed by atoms with Crippen molar-refractivity contribution in [3.63, 3.8) is 0 Å². The molecule has 0 spiro atoms. The van der Waals surface area contributed by atoms with Crippen molar-refractivity contribution < 1.29 is 0 Å². The molecule has 5 aromatic carbocycles. The summed E-state index contributed by atoms with van der Waals surface area (Å²) in [6, 6.07) is 39.1. The summed E-state index contributed by atoms with van der Waals surface area (Å²) >= 11 is 0. The Balaban J connectivity index is 1.36. The van der Waals surface area contributed by atoms with Crippen LogP contribution >= 0.6 is 0 Å². The summed E-state index contributed by atoms with van der Waals surface area (Å²) < 4.78 is 2.41. The van der Waals surface area contributed by atoms with E-state index in [0.29, 0.717) is 0 Å². The summed E-state index contributed by atoms with van der Waals surface area (Å²) in [6.45, 7) is 0.778. The molecule has 2 aromatic heterocycles. The number of nitrogens with one attached hydrogen (secondary N) is 2. The molecule has 8 rings (SSSR count). The summed E-state index contributed by atoms with van der Waals surface area (Å²) in [5.74, 6) is 0. The molecule has 35 heavy (non-hydrogen) atoms. The topological polar surface area (TPSA) is 36.0 Å². The van der Waals surface area contributed by atoms with E-state index in [2.05, 4.69) is 129 Å². The van der Waals surface area contributed by atoms with Crippen LogP contribution < -0.4 is 10.4 Å². The molecule has 0 fully saturated rings. The third kappa shape index (κ3) is 2.60. The van der Waals surface area contributed by atoms with Gasteiger partial charge < -0.3 is 9.55 Å². The highest BCUT2D eigenvalue weighted by Gasteiger charge is 2.26. The molecular weight excluding hydrogens is 428 g/mol. The summed E-state index contributed by atoms with van der Waals surface area (Å²) in [5.41, 5.74) is 13.3. The molecule has 0 aliphatic carbocycles. The van der Waals surface area contributed by atoms with E-state index in [4.69, 9.17) is 0 Å². The fraction of sp³-hybridized carbons (Fsp3) is 0.0323. The monoisotopic (exact) mass is 450 g/mol. The quantitative estimate of drug-likeness (QED) is 0.285. The first-order valence-electron chi connectivity index (χ1n) is 12.0. The van der Waals surface area contributed by atoms with Crippen molar-refractivity contribution in [3.05, 3.63) is 115 Å². The van der Waals surface area contributed by atoms with E-state index in [1.807, 2.05) is 0 Å². The largest absolute Gasteiger partial charge is 0.354 e. The number of H-pyrrole nitrogens is 1. The van der Waals surface area contributed by atoms with Crippen LogP contribution in [-0.4, -0.2) is 9.55 Å². The van der Waals surface area contributed by atoms with E-state index in [1.54, 1.807) is 0 Å². The van der Waals surface area contributed by atoms with E-state index >= 15 is 0 Å². The van der Waals surface area contributed by atoms with Gasteiger partial charge in [0.2, 0.25) is 0 Å². The van der Waals surface area contributed by atoms with Crippen LogP contribution in [0, 0.1) is 0 Å². The van der Waals surface area contributed by atoms with Crippen molar-refractivity contribution in [1.82, 2.24) is 15.0 Å². The molecule has 0 amide bonds. The normalized spacial score (nSPS) is 13.4. The highest BCUT2D eigenvalue weighted by atomic mass is 15.5. The molecule has 1 aliphatic rings. The van der Waals surface area contributed by atoms with Crippen molar-refractivity contribution >= 4 is 55.0 Å². The highest BCUT2D eigenvalue weighted by Crippen LogP contribution is 2.42. The molecule has 0 atom stereocenters. The molecule has 7 aromatic rings. The third-order valence-corrected chi connectivity index (χ3v) is 7.33. The predicted molar refractivity (Wildman–Crippen MR) is 146 cm³/mol. The molecule has 166 valence electrons. The van der Waals surface area contributed by atoms with Crippen LogP contribution in [0.4, 0.5) is 11.4 Å². The highest BCUT2D eigenvalue weighted by molar-refractivity contribution is 6.12. The van der Waals surface area contributed by atoms with Crippen LogP contribution in [0.1, 0.15) is 5.56 Å². The van der Waals surface area contributed by atoms with Crippen molar-refractivity contribution in [2.75, 3.05) is 5.01 Å². The number of para-hydroxylation sites is 3. The van der Waals surface area contributed by atoms with Crippen LogP contribution in [0.5, 0.6) is 0 Å². The first kappa shape index (κ1) is 18.8. The van der Waals surface area contributed by atoms with Gasteiger partial charge in [0.25, 0.3) is 0 Å². The second-order valence-electron chi connectivity index (χ2n) is 9.22. The number of nitrogens with zero attached hydrogens (tertiary/aromatic N) is 2. The fourth-order valence-electron chi connectivity index (χ4n) is 5.80. The summed E-state index contributed by atoms with van der Waals surface area (Å²) in [7, 11) is 0. The lowest BCUT2D eigenvalue weighted by molar-refractivity contribution is 0.766. The summed E-state index contributed by atoms with van der Waals surface area (Å²) in [5, 5.41) is 7.32. The molecule has 4 heteroatoms. The van der Waals surface area contributed by atoms with Gasteiger partial charge in [-0.2, -0.15) is 0 Å². The third-order valence-electron chi connectivity index (χ3n) is 7.33. The van der Waals surface area contributed by atoms with E-state index in [1.165, 1.54) is 55.0 Å². The van der Waals surface area contributed by atoms with Gasteiger partial charge in [-0.1, -0.05) is 66.7 Å². The lowest BCUT2D eigenvalue weighted by Gasteiger charge is -2.19. The van der Waals surface area contributed by atoms with Gasteiger partial charge >= 0.3 is 0 Å². The predicted octanol–water partition coefficient (Wildman–Crippen LogP) is 7.57. The van der Waals surface area contributed by atoms with Crippen LogP contribution in [0.3, 0.4) is 0 Å². The fourth-order valence-corrected chi connectivity index (χ4v) is 5.80. The van der Waals surface area contributed by atoms with Crippen LogP contribution in [0.15, 0.2) is 109 Å². The molecule has 1 aliphatic heterocycles. The van der Waals surface area contributed by atoms with Gasteiger partial charge in [0.15, 0.2) is 0 Å². The molecule has 0 bridgehead atoms. The second kappa shape index (κ2) is 6.98. The number of anilines is 2. The molecule has 0 unspecified atom stereocenters. The standard InChI is InChI=1S/C31H22N4/c1-2-8-20(9-3-1)34-29-13-7-5-11-24(29)25-16-17-30-26(31(25)34)19-32-35(30)21-14-15-23-22-10-4-6-12-27(22)33-28(23)18-21/h1-18,32-33H,19H2. The lowest BCUT2D eigenvalue weighted by atomic mass is 10.1. The smallest absolute Gasteiger partial charge is 0.0645 e. The van der Waals surface area contributed by atoms with Crippen LogP contribution in [-0.2, 0) is 6.54 Å². The minimum absolute atomic E-state index is 0.778. The Morgan fingerprint density at radius 2 is 1.31 bits per heavy atom. The van der Waals surface area contributed by atoms with Gasteiger partial charge in [0.1, 0.15) is 0 Å². The van der Waals surface area contributed by atoms with E-state index < -0.39 is 0 Å². The maximum absolute atomic E-state index is 3.66. The van der Waals surface area contributed by atoms with Gasteiger partial charge in [-0.05, 0) is 42.5 Å². The van der Waals surface area contributed by atoms with Gasteiger partial charge in [-0.15, -0.1) is 0 Å². The number of hydrogen-bond acceptors (Lipinski definition) is 2. The van der Waals surface area contributed by atoms with Crippen molar-refractivity contribution in [2.45, 2.75) is 6.54 Å². The van der Waals surface area contributed by atoms with Crippen LogP contribution in [0.2, 0.25) is 0 Å². The average molecular weight is 451 g/mol. The number of hydrogen-bond donors (Lipinski definition) is 2. The zero-order valence-electron chi connectivity index (χ0n) is 19.0. The number of benzene rings is 5. The summed E-state index contributed by atoms with van der Waals surface area (Å²) in [6.07, 6.45) is 0. The summed E-state index contributed by atoms with van der Waals surface area (Å²) in [4.78, 5) is 3.59. The minimum atomic E-state index is 0.778. The molecule has 4 nitrogen and oxygen atoms in total. The number of fused-ring (bicyclic) bond motifs is 8. The maximum atomic E-state index is 3.66. The molecule has 2 N–H and O–H groups in total. The Hall–Kier alpha value is -4.54. The van der Waals surface area contributed by atoms with Crippen LogP contribution in [0.25, 0.3) is 49.3 Å². The minimum Gasteiger partial charge on any atom is -0.354 e. The average Bonchev–Trinajstić information content (AvgIpc) is 3.60. The molecule has 0 saturated carbocycles. The second-order valence-corrected chi connectivity index (χ2v) is 9.22. The maximum Gasteiger partial charge on any atom is 0.0645 e. The zero-order valence-corrected chi connectivity index (χ0v) is 19.0. The van der Waals surface area contributed by atoms with Crippen molar-refractivity contribution in [1.29, 1.82) is 0 Å². The lowest BCUT2D eigenvalue weighted by Crippen LogP contribution is -2.26. The number of aromatic amines is 1. The zero-order chi connectivity index (χ0) is 22.9. The Morgan fingerprint density at radius 1 is 0.571 bits per heavy atom. The first-order valence-corrected chi connectivity index (χ1v) is 12.0. The SMILES string of the molecule is c1ccc(-n2c3ccccc3c3ccc4c(c32)CNN4c2ccc3c(c2)[nH]c2ccccc23)cc1.